The smallest absolute Gasteiger partial charge is 0.193 e. The Balaban J connectivity index is 1.75. The van der Waals surface area contributed by atoms with Gasteiger partial charge >= 0.3 is 0 Å². The molecule has 0 amide bonds. The molecule has 3 nitrogen and oxygen atoms in total. The summed E-state index contributed by atoms with van der Waals surface area (Å²) < 4.78 is 12.4. The minimum Gasteiger partial charge on any atom is -0.484 e. The highest BCUT2D eigenvalue weighted by molar-refractivity contribution is 6.09. The molecular formula is C31H38O3. The molecule has 180 valence electrons. The van der Waals surface area contributed by atoms with Gasteiger partial charge < -0.3 is 9.47 Å². The number of hydrogen-bond acceptors (Lipinski definition) is 3. The second-order valence-corrected chi connectivity index (χ2v) is 9.51. The topological polar surface area (TPSA) is 35.5 Å². The van der Waals surface area contributed by atoms with Crippen LogP contribution in [0.3, 0.4) is 0 Å². The fourth-order valence-electron chi connectivity index (χ4n) is 3.93. The van der Waals surface area contributed by atoms with Crippen LogP contribution in [-0.4, -0.2) is 11.4 Å². The van der Waals surface area contributed by atoms with Crippen molar-refractivity contribution in [1.82, 2.24) is 0 Å². The van der Waals surface area contributed by atoms with Crippen molar-refractivity contribution in [2.75, 3.05) is 0 Å². The molecule has 0 aliphatic heterocycles. The van der Waals surface area contributed by atoms with Crippen LogP contribution in [0, 0.1) is 0 Å². The van der Waals surface area contributed by atoms with Gasteiger partial charge in [0, 0.05) is 11.1 Å². The Bertz CT molecular complexity index is 1070. The maximum atomic E-state index is 13.0. The van der Waals surface area contributed by atoms with Crippen molar-refractivity contribution in [1.29, 1.82) is 0 Å². The Morgan fingerprint density at radius 1 is 0.676 bits per heavy atom. The Morgan fingerprint density at radius 2 is 1.18 bits per heavy atom. The van der Waals surface area contributed by atoms with E-state index >= 15 is 0 Å². The van der Waals surface area contributed by atoms with Crippen LogP contribution in [0.25, 0.3) is 0 Å². The summed E-state index contributed by atoms with van der Waals surface area (Å²) in [5.41, 5.74) is 2.52. The number of ether oxygens (including phenoxy) is 2. The summed E-state index contributed by atoms with van der Waals surface area (Å²) in [5, 5.41) is 0. The molecular weight excluding hydrogens is 420 g/mol. The molecule has 0 unspecified atom stereocenters. The predicted molar refractivity (Wildman–Crippen MR) is 140 cm³/mol. The van der Waals surface area contributed by atoms with Crippen LogP contribution in [0.4, 0.5) is 0 Å². The van der Waals surface area contributed by atoms with E-state index < -0.39 is 0 Å². The Kier molecular flexibility index (Phi) is 8.19. The molecule has 0 aliphatic rings. The van der Waals surface area contributed by atoms with Crippen LogP contribution < -0.4 is 9.47 Å². The van der Waals surface area contributed by atoms with Gasteiger partial charge in [0.25, 0.3) is 0 Å². The number of carbonyl (C=O) groups excluding carboxylic acids is 1. The summed E-state index contributed by atoms with van der Waals surface area (Å²) in [4.78, 5) is 13.0. The molecule has 0 saturated carbocycles. The average molecular weight is 459 g/mol. The number of benzene rings is 3. The zero-order valence-electron chi connectivity index (χ0n) is 21.5. The molecule has 3 aromatic carbocycles. The second kappa shape index (κ2) is 10.9. The van der Waals surface area contributed by atoms with Gasteiger partial charge in [0.2, 0.25) is 0 Å². The van der Waals surface area contributed by atoms with Crippen molar-refractivity contribution in [2.24, 2.45) is 0 Å². The Labute approximate surface area is 205 Å². The molecule has 0 bridgehead atoms. The van der Waals surface area contributed by atoms with Crippen LogP contribution in [-0.2, 0) is 5.41 Å². The largest absolute Gasteiger partial charge is 0.484 e. The monoisotopic (exact) mass is 458 g/mol. The summed E-state index contributed by atoms with van der Waals surface area (Å²) in [5.74, 6) is 2.07. The van der Waals surface area contributed by atoms with Crippen LogP contribution in [0.5, 0.6) is 17.2 Å². The molecule has 0 N–H and O–H groups in total. The standard InChI is InChI=1S/C31H38O3/c1-7-30(5,8-2)25-19-15-23(16-20-25)29(32)24-17-21-26(22-18-24)33-27-13-11-12-14-28(27)34-31(6,9-3)10-4/h11-22H,7-10H2,1-6H3. The molecule has 0 radical (unpaired) electrons. The van der Waals surface area contributed by atoms with E-state index in [-0.39, 0.29) is 16.8 Å². The lowest BCUT2D eigenvalue weighted by Crippen LogP contribution is -2.30. The van der Waals surface area contributed by atoms with E-state index in [4.69, 9.17) is 9.47 Å². The zero-order chi connectivity index (χ0) is 24.8. The summed E-state index contributed by atoms with van der Waals surface area (Å²) >= 11 is 0. The van der Waals surface area contributed by atoms with Gasteiger partial charge in [-0.1, -0.05) is 71.0 Å². The SMILES string of the molecule is CCC(C)(CC)Oc1ccccc1Oc1ccc(C(=O)c2ccc(C(C)(CC)CC)cc2)cc1. The minimum absolute atomic E-state index is 0.0122. The highest BCUT2D eigenvalue weighted by atomic mass is 16.5. The molecule has 3 heteroatoms. The number of rotatable bonds is 11. The minimum atomic E-state index is -0.239. The van der Waals surface area contributed by atoms with Gasteiger partial charge in [0.15, 0.2) is 17.3 Å². The van der Waals surface area contributed by atoms with Crippen molar-refractivity contribution in [3.63, 3.8) is 0 Å². The molecule has 0 spiro atoms. The second-order valence-electron chi connectivity index (χ2n) is 9.51. The van der Waals surface area contributed by atoms with E-state index in [1.807, 2.05) is 60.7 Å². The van der Waals surface area contributed by atoms with Crippen molar-refractivity contribution < 1.29 is 14.3 Å². The van der Waals surface area contributed by atoms with Gasteiger partial charge in [-0.3, -0.25) is 4.79 Å². The maximum absolute atomic E-state index is 13.0. The lowest BCUT2D eigenvalue weighted by atomic mass is 9.77. The fourth-order valence-corrected chi connectivity index (χ4v) is 3.93. The van der Waals surface area contributed by atoms with Crippen molar-refractivity contribution in [3.8, 4) is 17.2 Å². The Hall–Kier alpha value is -3.07. The number of ketones is 1. The molecule has 0 atom stereocenters. The number of carbonyl (C=O) groups is 1. The van der Waals surface area contributed by atoms with Crippen LogP contribution in [0.2, 0.25) is 0 Å². The number of hydrogen-bond donors (Lipinski definition) is 0. The molecule has 0 aromatic heterocycles. The van der Waals surface area contributed by atoms with Gasteiger partial charge in [-0.15, -0.1) is 0 Å². The third-order valence-corrected chi connectivity index (χ3v) is 7.45. The van der Waals surface area contributed by atoms with E-state index in [2.05, 4.69) is 53.7 Å². The normalized spacial score (nSPS) is 11.8. The van der Waals surface area contributed by atoms with Gasteiger partial charge in [-0.05, 0) is 80.0 Å². The van der Waals surface area contributed by atoms with Gasteiger partial charge in [-0.25, -0.2) is 0 Å². The Morgan fingerprint density at radius 3 is 1.68 bits per heavy atom. The highest BCUT2D eigenvalue weighted by Gasteiger charge is 2.24. The zero-order valence-corrected chi connectivity index (χ0v) is 21.5. The quantitative estimate of drug-likeness (QED) is 0.269. The third kappa shape index (κ3) is 5.70. The van der Waals surface area contributed by atoms with E-state index in [9.17, 15) is 4.79 Å². The van der Waals surface area contributed by atoms with Crippen LogP contribution in [0.15, 0.2) is 72.8 Å². The summed E-state index contributed by atoms with van der Waals surface area (Å²) in [6, 6.07) is 23.1. The van der Waals surface area contributed by atoms with E-state index in [1.165, 1.54) is 5.56 Å². The molecule has 3 rings (SSSR count). The first kappa shape index (κ1) is 25.6. The fraction of sp³-hybridized carbons (Fsp3) is 0.387. The molecule has 0 fully saturated rings. The summed E-state index contributed by atoms with van der Waals surface area (Å²) in [7, 11) is 0. The van der Waals surface area contributed by atoms with E-state index in [1.54, 1.807) is 0 Å². The summed E-state index contributed by atoms with van der Waals surface area (Å²) in [6.07, 6.45) is 3.96. The average Bonchev–Trinajstić information content (AvgIpc) is 2.89. The van der Waals surface area contributed by atoms with Gasteiger partial charge in [0.05, 0.1) is 0 Å². The molecule has 0 heterocycles. The van der Waals surface area contributed by atoms with Crippen molar-refractivity contribution in [2.45, 2.75) is 78.2 Å². The first-order chi connectivity index (χ1) is 16.3. The highest BCUT2D eigenvalue weighted by Crippen LogP contribution is 2.35. The lowest BCUT2D eigenvalue weighted by Gasteiger charge is -2.29. The molecule has 34 heavy (non-hydrogen) atoms. The van der Waals surface area contributed by atoms with Crippen LogP contribution >= 0.6 is 0 Å². The predicted octanol–water partition coefficient (Wildman–Crippen LogP) is 8.75. The van der Waals surface area contributed by atoms with Crippen molar-refractivity contribution in [3.05, 3.63) is 89.5 Å². The summed E-state index contributed by atoms with van der Waals surface area (Å²) in [6.45, 7) is 13.1. The first-order valence-corrected chi connectivity index (χ1v) is 12.5. The maximum Gasteiger partial charge on any atom is 0.193 e. The lowest BCUT2D eigenvalue weighted by molar-refractivity contribution is 0.0773. The van der Waals surface area contributed by atoms with E-state index in [0.29, 0.717) is 22.6 Å². The van der Waals surface area contributed by atoms with Crippen molar-refractivity contribution >= 4 is 5.78 Å². The van der Waals surface area contributed by atoms with E-state index in [0.717, 1.165) is 31.4 Å². The molecule has 3 aromatic rings. The van der Waals surface area contributed by atoms with Gasteiger partial charge in [-0.2, -0.15) is 0 Å². The van der Waals surface area contributed by atoms with Crippen LogP contribution in [0.1, 0.15) is 88.7 Å². The molecule has 0 saturated heterocycles. The third-order valence-electron chi connectivity index (χ3n) is 7.45. The molecule has 0 aliphatic carbocycles. The van der Waals surface area contributed by atoms with Gasteiger partial charge in [0.1, 0.15) is 11.4 Å². The first-order valence-electron chi connectivity index (χ1n) is 12.5. The number of para-hydroxylation sites is 2.